The molecule has 116 valence electrons. The van der Waals surface area contributed by atoms with Gasteiger partial charge >= 0.3 is 0 Å². The minimum absolute atomic E-state index is 0.152. The summed E-state index contributed by atoms with van der Waals surface area (Å²) >= 11 is 0. The molecule has 2 N–H and O–H groups in total. The van der Waals surface area contributed by atoms with Gasteiger partial charge in [0.05, 0.1) is 13.7 Å². The fourth-order valence-corrected chi connectivity index (χ4v) is 2.60. The summed E-state index contributed by atoms with van der Waals surface area (Å²) in [6.07, 6.45) is 0. The van der Waals surface area contributed by atoms with Gasteiger partial charge in [0.25, 0.3) is 5.91 Å². The molecule has 0 spiro atoms. The van der Waals surface area contributed by atoms with Gasteiger partial charge in [0.15, 0.2) is 0 Å². The Morgan fingerprint density at radius 3 is 2.65 bits per heavy atom. The van der Waals surface area contributed by atoms with Gasteiger partial charge in [0.2, 0.25) is 0 Å². The summed E-state index contributed by atoms with van der Waals surface area (Å²) in [5.41, 5.74) is 1.86. The maximum absolute atomic E-state index is 12.6. The van der Waals surface area contributed by atoms with Crippen molar-refractivity contribution in [3.05, 3.63) is 71.8 Å². The molecule has 3 rings (SSSR count). The van der Waals surface area contributed by atoms with Gasteiger partial charge in [-0.05, 0) is 35.0 Å². The van der Waals surface area contributed by atoms with Crippen LogP contribution in [0.25, 0.3) is 10.8 Å². The minimum Gasteiger partial charge on any atom is -0.496 e. The van der Waals surface area contributed by atoms with E-state index in [1.807, 2.05) is 36.4 Å². The topological polar surface area (TPSA) is 58.6 Å². The summed E-state index contributed by atoms with van der Waals surface area (Å²) in [5, 5.41) is 14.2. The van der Waals surface area contributed by atoms with Crippen LogP contribution in [0.5, 0.6) is 5.75 Å². The smallest absolute Gasteiger partial charge is 0.256 e. The number of amides is 1. The molecular weight excluding hydrogens is 290 g/mol. The lowest BCUT2D eigenvalue weighted by atomic mass is 10.0. The molecule has 0 atom stereocenters. The Balaban J connectivity index is 1.92. The molecular formula is C19H17NO3. The molecule has 0 aromatic heterocycles. The number of anilines is 1. The number of carbonyl (C=O) groups is 1. The molecule has 0 fully saturated rings. The molecule has 0 aliphatic rings. The second-order valence-electron chi connectivity index (χ2n) is 5.17. The van der Waals surface area contributed by atoms with Crippen LogP contribution in [0.1, 0.15) is 15.9 Å². The van der Waals surface area contributed by atoms with Crippen molar-refractivity contribution < 1.29 is 14.6 Å². The number of benzene rings is 3. The van der Waals surface area contributed by atoms with Crippen molar-refractivity contribution >= 4 is 22.4 Å². The first-order valence-electron chi connectivity index (χ1n) is 7.30. The normalized spacial score (nSPS) is 10.5. The number of methoxy groups -OCH3 is 1. The van der Waals surface area contributed by atoms with Crippen LogP contribution in [0.2, 0.25) is 0 Å². The van der Waals surface area contributed by atoms with E-state index in [2.05, 4.69) is 5.32 Å². The van der Waals surface area contributed by atoms with Gasteiger partial charge in [-0.1, -0.05) is 36.4 Å². The van der Waals surface area contributed by atoms with E-state index in [0.29, 0.717) is 22.6 Å². The van der Waals surface area contributed by atoms with Crippen molar-refractivity contribution in [2.75, 3.05) is 12.4 Å². The Morgan fingerprint density at radius 1 is 1.09 bits per heavy atom. The van der Waals surface area contributed by atoms with Crippen LogP contribution in [0.4, 0.5) is 5.69 Å². The van der Waals surface area contributed by atoms with Crippen LogP contribution in [-0.4, -0.2) is 18.1 Å². The van der Waals surface area contributed by atoms with E-state index in [0.717, 1.165) is 10.8 Å². The number of rotatable bonds is 4. The fourth-order valence-electron chi connectivity index (χ4n) is 2.60. The lowest BCUT2D eigenvalue weighted by Gasteiger charge is -2.11. The van der Waals surface area contributed by atoms with E-state index < -0.39 is 0 Å². The average molecular weight is 307 g/mol. The molecule has 4 heteroatoms. The van der Waals surface area contributed by atoms with Crippen molar-refractivity contribution in [2.45, 2.75) is 6.61 Å². The molecule has 4 nitrogen and oxygen atoms in total. The van der Waals surface area contributed by atoms with Crippen molar-refractivity contribution in [1.82, 2.24) is 0 Å². The van der Waals surface area contributed by atoms with E-state index in [1.165, 1.54) is 0 Å². The maximum atomic E-state index is 12.6. The predicted octanol–water partition coefficient (Wildman–Crippen LogP) is 3.59. The van der Waals surface area contributed by atoms with Crippen LogP contribution < -0.4 is 10.1 Å². The maximum Gasteiger partial charge on any atom is 0.256 e. The SMILES string of the molecule is COc1ccc(NC(=O)c2cccc3ccccc23)cc1CO. The number of nitrogens with one attached hydrogen (secondary N) is 1. The van der Waals surface area contributed by atoms with Gasteiger partial charge < -0.3 is 15.2 Å². The monoisotopic (exact) mass is 307 g/mol. The Bertz CT molecular complexity index is 853. The minimum atomic E-state index is -0.184. The molecule has 0 radical (unpaired) electrons. The number of fused-ring (bicyclic) bond motifs is 1. The molecule has 3 aromatic rings. The lowest BCUT2D eigenvalue weighted by molar-refractivity contribution is 0.102. The van der Waals surface area contributed by atoms with Crippen molar-refractivity contribution in [2.24, 2.45) is 0 Å². The van der Waals surface area contributed by atoms with Gasteiger partial charge in [0, 0.05) is 16.8 Å². The number of ether oxygens (including phenoxy) is 1. The second kappa shape index (κ2) is 6.50. The van der Waals surface area contributed by atoms with Crippen LogP contribution in [0, 0.1) is 0 Å². The molecule has 1 amide bonds. The van der Waals surface area contributed by atoms with Crippen molar-refractivity contribution in [1.29, 1.82) is 0 Å². The van der Waals surface area contributed by atoms with Gasteiger partial charge in [-0.25, -0.2) is 0 Å². The van der Waals surface area contributed by atoms with Gasteiger partial charge in [-0.3, -0.25) is 4.79 Å². The molecule has 0 aliphatic heterocycles. The number of aliphatic hydroxyl groups excluding tert-OH is 1. The van der Waals surface area contributed by atoms with E-state index in [1.54, 1.807) is 31.4 Å². The molecule has 0 unspecified atom stereocenters. The lowest BCUT2D eigenvalue weighted by Crippen LogP contribution is -2.12. The molecule has 0 aliphatic carbocycles. The average Bonchev–Trinajstić information content (AvgIpc) is 2.61. The molecule has 0 bridgehead atoms. The third-order valence-electron chi connectivity index (χ3n) is 3.74. The summed E-state index contributed by atoms with van der Waals surface area (Å²) in [5.74, 6) is 0.409. The molecule has 0 heterocycles. The van der Waals surface area contributed by atoms with E-state index >= 15 is 0 Å². The summed E-state index contributed by atoms with van der Waals surface area (Å²) in [4.78, 5) is 12.6. The van der Waals surface area contributed by atoms with Gasteiger partial charge in [0.1, 0.15) is 5.75 Å². The largest absolute Gasteiger partial charge is 0.496 e. The summed E-state index contributed by atoms with van der Waals surface area (Å²) in [7, 11) is 1.54. The third kappa shape index (κ3) is 3.03. The first-order chi connectivity index (χ1) is 11.2. The molecule has 23 heavy (non-hydrogen) atoms. The highest BCUT2D eigenvalue weighted by Crippen LogP contribution is 2.24. The zero-order valence-corrected chi connectivity index (χ0v) is 12.7. The van der Waals surface area contributed by atoms with Crippen molar-refractivity contribution in [3.8, 4) is 5.75 Å². The summed E-state index contributed by atoms with van der Waals surface area (Å²) in [6.45, 7) is -0.152. The highest BCUT2D eigenvalue weighted by atomic mass is 16.5. The van der Waals surface area contributed by atoms with Crippen LogP contribution in [-0.2, 0) is 6.61 Å². The van der Waals surface area contributed by atoms with E-state index in [-0.39, 0.29) is 12.5 Å². The van der Waals surface area contributed by atoms with Gasteiger partial charge in [-0.15, -0.1) is 0 Å². The van der Waals surface area contributed by atoms with Crippen molar-refractivity contribution in [3.63, 3.8) is 0 Å². The second-order valence-corrected chi connectivity index (χ2v) is 5.17. The Hall–Kier alpha value is -2.85. The Kier molecular flexibility index (Phi) is 4.26. The summed E-state index contributed by atoms with van der Waals surface area (Å²) < 4.78 is 5.17. The molecule has 3 aromatic carbocycles. The molecule has 0 saturated carbocycles. The predicted molar refractivity (Wildman–Crippen MR) is 90.8 cm³/mol. The number of hydrogen-bond donors (Lipinski definition) is 2. The Morgan fingerprint density at radius 2 is 1.87 bits per heavy atom. The van der Waals surface area contributed by atoms with Crippen LogP contribution >= 0.6 is 0 Å². The molecule has 0 saturated heterocycles. The summed E-state index contributed by atoms with van der Waals surface area (Å²) in [6, 6.07) is 18.6. The van der Waals surface area contributed by atoms with Crippen LogP contribution in [0.3, 0.4) is 0 Å². The highest BCUT2D eigenvalue weighted by molar-refractivity contribution is 6.12. The quantitative estimate of drug-likeness (QED) is 0.774. The first-order valence-corrected chi connectivity index (χ1v) is 7.30. The number of aliphatic hydroxyl groups is 1. The van der Waals surface area contributed by atoms with Crippen LogP contribution in [0.15, 0.2) is 60.7 Å². The zero-order chi connectivity index (χ0) is 16.2. The zero-order valence-electron chi connectivity index (χ0n) is 12.7. The highest BCUT2D eigenvalue weighted by Gasteiger charge is 2.11. The Labute approximate surface area is 134 Å². The van der Waals surface area contributed by atoms with E-state index in [4.69, 9.17) is 4.74 Å². The number of hydrogen-bond acceptors (Lipinski definition) is 3. The first kappa shape index (κ1) is 15.1. The standard InChI is InChI=1S/C19H17NO3/c1-23-18-10-9-15(11-14(18)12-21)20-19(22)17-8-4-6-13-5-2-3-7-16(13)17/h2-11,21H,12H2,1H3,(H,20,22). The fraction of sp³-hybridized carbons (Fsp3) is 0.105. The van der Waals surface area contributed by atoms with Gasteiger partial charge in [-0.2, -0.15) is 0 Å². The van der Waals surface area contributed by atoms with E-state index in [9.17, 15) is 9.90 Å². The number of carbonyl (C=O) groups excluding carboxylic acids is 1. The third-order valence-corrected chi connectivity index (χ3v) is 3.74.